The zero-order valence-electron chi connectivity index (χ0n) is 9.54. The molecule has 0 atom stereocenters. The summed E-state index contributed by atoms with van der Waals surface area (Å²) in [6.07, 6.45) is 0. The number of nitrogens with zero attached hydrogens (tertiary/aromatic N) is 2. The van der Waals surface area contributed by atoms with Crippen molar-refractivity contribution in [2.45, 2.75) is 11.8 Å². The van der Waals surface area contributed by atoms with Crippen molar-refractivity contribution >= 4 is 10.0 Å². The quantitative estimate of drug-likeness (QED) is 0.584. The number of hydrogen-bond acceptors (Lipinski definition) is 4. The maximum atomic E-state index is 11.9. The van der Waals surface area contributed by atoms with Crippen molar-refractivity contribution in [3.05, 3.63) is 35.0 Å². The molecule has 0 amide bonds. The van der Waals surface area contributed by atoms with Crippen LogP contribution in [-0.4, -0.2) is 38.6 Å². The van der Waals surface area contributed by atoms with E-state index in [-0.39, 0.29) is 11.6 Å². The third kappa shape index (κ3) is 3.02. The van der Waals surface area contributed by atoms with E-state index >= 15 is 0 Å². The predicted octanol–water partition coefficient (Wildman–Crippen LogP) is 1.00. The average Bonchev–Trinajstić information content (AvgIpc) is 2.17. The number of rotatable bonds is 4. The number of benzene rings is 1. The topological polar surface area (TPSA) is 63.7 Å². The van der Waals surface area contributed by atoms with Crippen molar-refractivity contribution in [3.8, 4) is 0 Å². The summed E-state index contributed by atoms with van der Waals surface area (Å²) in [5.41, 5.74) is 0.988. The number of sulfonamides is 1. The standard InChI is InChI=1S/C10H15N2O3S/c1-9-4-6-10(7-5-9)16(14,15)12(3)8-11(2)13/h4-7H,8H2,1-3H3/q-1. The van der Waals surface area contributed by atoms with Gasteiger partial charge in [-0.05, 0) is 26.1 Å². The Bertz CT molecular complexity index is 440. The molecule has 16 heavy (non-hydrogen) atoms. The molecule has 0 radical (unpaired) electrons. The molecule has 0 N–H and O–H groups in total. The highest BCUT2D eigenvalue weighted by atomic mass is 32.2. The van der Waals surface area contributed by atoms with Crippen LogP contribution in [0.25, 0.3) is 0 Å². The van der Waals surface area contributed by atoms with Crippen LogP contribution in [0.5, 0.6) is 0 Å². The van der Waals surface area contributed by atoms with Gasteiger partial charge in [0.25, 0.3) is 0 Å². The van der Waals surface area contributed by atoms with Crippen molar-refractivity contribution in [2.75, 3.05) is 20.8 Å². The first kappa shape index (κ1) is 13.1. The van der Waals surface area contributed by atoms with Gasteiger partial charge in [-0.25, -0.2) is 8.42 Å². The van der Waals surface area contributed by atoms with E-state index in [0.29, 0.717) is 5.06 Å². The zero-order chi connectivity index (χ0) is 12.3. The third-order valence-electron chi connectivity index (χ3n) is 2.13. The minimum Gasteiger partial charge on any atom is -0.784 e. The lowest BCUT2D eigenvalue weighted by molar-refractivity contribution is 0.323. The normalized spacial score (nSPS) is 12.4. The van der Waals surface area contributed by atoms with Crippen LogP contribution in [-0.2, 0) is 10.0 Å². The van der Waals surface area contributed by atoms with E-state index in [1.54, 1.807) is 12.1 Å². The molecular weight excluding hydrogens is 228 g/mol. The molecular formula is C10H15N2O3S-. The molecule has 0 saturated carbocycles. The smallest absolute Gasteiger partial charge is 0.243 e. The molecule has 5 nitrogen and oxygen atoms in total. The molecule has 0 unspecified atom stereocenters. The van der Waals surface area contributed by atoms with Gasteiger partial charge in [-0.2, -0.15) is 4.31 Å². The molecule has 0 spiro atoms. The summed E-state index contributed by atoms with van der Waals surface area (Å²) in [6, 6.07) is 6.52. The molecule has 1 aromatic rings. The fourth-order valence-electron chi connectivity index (χ4n) is 1.25. The van der Waals surface area contributed by atoms with Crippen LogP contribution in [0.3, 0.4) is 0 Å². The van der Waals surface area contributed by atoms with Gasteiger partial charge in [-0.1, -0.05) is 17.7 Å². The van der Waals surface area contributed by atoms with Gasteiger partial charge < -0.3 is 10.3 Å². The number of aryl methyl sites for hydroxylation is 1. The van der Waals surface area contributed by atoms with Gasteiger partial charge in [0.15, 0.2) is 0 Å². The minimum absolute atomic E-state index is 0.184. The fraction of sp³-hybridized carbons (Fsp3) is 0.400. The molecule has 1 aromatic carbocycles. The van der Waals surface area contributed by atoms with E-state index < -0.39 is 10.0 Å². The van der Waals surface area contributed by atoms with Gasteiger partial charge in [0.2, 0.25) is 10.0 Å². The van der Waals surface area contributed by atoms with Gasteiger partial charge in [0.05, 0.1) is 11.6 Å². The van der Waals surface area contributed by atoms with Crippen LogP contribution >= 0.6 is 0 Å². The van der Waals surface area contributed by atoms with E-state index in [1.807, 2.05) is 6.92 Å². The molecule has 0 saturated heterocycles. The van der Waals surface area contributed by atoms with Gasteiger partial charge in [-0.3, -0.25) is 0 Å². The lowest BCUT2D eigenvalue weighted by atomic mass is 10.2. The van der Waals surface area contributed by atoms with Crippen molar-refractivity contribution in [1.29, 1.82) is 0 Å². The Kier molecular flexibility index (Phi) is 4.03. The summed E-state index contributed by atoms with van der Waals surface area (Å²) in [5.74, 6) is 0. The molecule has 0 aliphatic heterocycles. The first-order chi connectivity index (χ1) is 7.34. The second kappa shape index (κ2) is 4.92. The largest absolute Gasteiger partial charge is 0.784 e. The maximum Gasteiger partial charge on any atom is 0.243 e. The monoisotopic (exact) mass is 243 g/mol. The maximum absolute atomic E-state index is 11.9. The summed E-state index contributed by atoms with van der Waals surface area (Å²) in [6.45, 7) is 1.70. The van der Waals surface area contributed by atoms with Gasteiger partial charge >= 0.3 is 0 Å². The molecule has 0 fully saturated rings. The van der Waals surface area contributed by atoms with E-state index in [9.17, 15) is 13.6 Å². The predicted molar refractivity (Wildman–Crippen MR) is 62.1 cm³/mol. The Balaban J connectivity index is 2.97. The first-order valence-electron chi connectivity index (χ1n) is 4.75. The first-order valence-corrected chi connectivity index (χ1v) is 6.19. The lowest BCUT2D eigenvalue weighted by Gasteiger charge is -2.28. The molecule has 0 bridgehead atoms. The highest BCUT2D eigenvalue weighted by Crippen LogP contribution is 2.14. The van der Waals surface area contributed by atoms with E-state index in [4.69, 9.17) is 0 Å². The summed E-state index contributed by atoms with van der Waals surface area (Å²) < 4.78 is 24.9. The zero-order valence-corrected chi connectivity index (χ0v) is 10.4. The Hall–Kier alpha value is -0.950. The second-order valence-corrected chi connectivity index (χ2v) is 5.73. The van der Waals surface area contributed by atoms with Crippen molar-refractivity contribution < 1.29 is 8.42 Å². The molecule has 90 valence electrons. The average molecular weight is 243 g/mol. The highest BCUT2D eigenvalue weighted by Gasteiger charge is 2.19. The SMILES string of the molecule is Cc1ccc(S(=O)(=O)N(C)CN(C)[O-])cc1. The van der Waals surface area contributed by atoms with Crippen LogP contribution in [0, 0.1) is 12.1 Å². The molecule has 6 heteroatoms. The van der Waals surface area contributed by atoms with Crippen LogP contribution < -0.4 is 0 Å². The molecule has 0 heterocycles. The Morgan fingerprint density at radius 1 is 1.19 bits per heavy atom. The summed E-state index contributed by atoms with van der Waals surface area (Å²) in [7, 11) is -0.902. The molecule has 0 aliphatic rings. The molecule has 0 aromatic heterocycles. The second-order valence-electron chi connectivity index (χ2n) is 3.69. The van der Waals surface area contributed by atoms with Gasteiger partial charge in [0, 0.05) is 7.05 Å². The number of hydroxylamine groups is 2. The lowest BCUT2D eigenvalue weighted by Crippen LogP contribution is -2.34. The van der Waals surface area contributed by atoms with Crippen LogP contribution in [0.1, 0.15) is 5.56 Å². The summed E-state index contributed by atoms with van der Waals surface area (Å²) in [4.78, 5) is 0.197. The van der Waals surface area contributed by atoms with Crippen LogP contribution in [0.15, 0.2) is 29.2 Å². The van der Waals surface area contributed by atoms with Gasteiger partial charge in [0.1, 0.15) is 0 Å². The van der Waals surface area contributed by atoms with Crippen molar-refractivity contribution in [3.63, 3.8) is 0 Å². The molecule has 1 rings (SSSR count). The summed E-state index contributed by atoms with van der Waals surface area (Å²) >= 11 is 0. The van der Waals surface area contributed by atoms with E-state index in [1.165, 1.54) is 26.2 Å². The van der Waals surface area contributed by atoms with Crippen LogP contribution in [0.4, 0.5) is 0 Å². The summed E-state index contributed by atoms with van der Waals surface area (Å²) in [5, 5.41) is 11.4. The van der Waals surface area contributed by atoms with Crippen LogP contribution in [0.2, 0.25) is 0 Å². The highest BCUT2D eigenvalue weighted by molar-refractivity contribution is 7.89. The van der Waals surface area contributed by atoms with Crippen molar-refractivity contribution in [2.24, 2.45) is 0 Å². The number of hydrogen-bond donors (Lipinski definition) is 0. The Morgan fingerprint density at radius 3 is 2.12 bits per heavy atom. The Morgan fingerprint density at radius 2 is 1.69 bits per heavy atom. The van der Waals surface area contributed by atoms with E-state index in [0.717, 1.165) is 9.87 Å². The fourth-order valence-corrected chi connectivity index (χ4v) is 2.40. The Labute approximate surface area is 95.9 Å². The van der Waals surface area contributed by atoms with Crippen molar-refractivity contribution in [1.82, 2.24) is 9.37 Å². The minimum atomic E-state index is -3.56. The van der Waals surface area contributed by atoms with Gasteiger partial charge in [-0.15, -0.1) is 0 Å². The van der Waals surface area contributed by atoms with E-state index in [2.05, 4.69) is 0 Å². The molecule has 0 aliphatic carbocycles. The third-order valence-corrected chi connectivity index (χ3v) is 3.93.